The zero-order valence-electron chi connectivity index (χ0n) is 27.7. The molecular formula is C50H34. The van der Waals surface area contributed by atoms with E-state index in [1.807, 2.05) is 0 Å². The Labute approximate surface area is 292 Å². The Kier molecular flexibility index (Phi) is 6.74. The Morgan fingerprint density at radius 2 is 0.860 bits per heavy atom. The van der Waals surface area contributed by atoms with Crippen molar-refractivity contribution in [3.8, 4) is 44.5 Å². The summed E-state index contributed by atoms with van der Waals surface area (Å²) in [5.74, 6) is 0. The van der Waals surface area contributed by atoms with Crippen molar-refractivity contribution in [3.63, 3.8) is 0 Å². The first kappa shape index (κ1) is 28.7. The van der Waals surface area contributed by atoms with Crippen LogP contribution in [-0.4, -0.2) is 0 Å². The second-order valence-electron chi connectivity index (χ2n) is 13.5. The van der Waals surface area contributed by atoms with Crippen LogP contribution in [-0.2, 0) is 6.42 Å². The third-order valence-corrected chi connectivity index (χ3v) is 10.7. The van der Waals surface area contributed by atoms with Crippen LogP contribution in [0, 0.1) is 0 Å². The maximum Gasteiger partial charge on any atom is -0.00293 e. The van der Waals surface area contributed by atoms with E-state index in [-0.39, 0.29) is 0 Å². The van der Waals surface area contributed by atoms with Gasteiger partial charge in [-0.2, -0.15) is 0 Å². The van der Waals surface area contributed by atoms with Crippen molar-refractivity contribution in [2.45, 2.75) is 12.8 Å². The van der Waals surface area contributed by atoms with Crippen LogP contribution in [0.4, 0.5) is 0 Å². The third-order valence-electron chi connectivity index (χ3n) is 10.7. The standard InChI is InChI=1S/C50H34/c1-2-16-36-29-37(28-27-33(36)13-1)49-45-21-7-9-23-47(45)50(48-24-10-8-22-46(48)49)40-31-38(43-25-11-17-34-14-3-5-19-41(34)43)30-39(32-40)44-26-12-18-35-15-4-6-20-42(35)44/h1-7,9-21,23-32H,8,22H2. The van der Waals surface area contributed by atoms with Gasteiger partial charge in [0.2, 0.25) is 0 Å². The molecule has 9 aromatic rings. The van der Waals surface area contributed by atoms with Crippen molar-refractivity contribution < 1.29 is 0 Å². The Morgan fingerprint density at radius 3 is 1.52 bits per heavy atom. The largest absolute Gasteiger partial charge is 0.0836 e. The number of allylic oxidation sites excluding steroid dienone is 1. The first-order valence-electron chi connectivity index (χ1n) is 17.7. The maximum absolute atomic E-state index is 2.44. The first-order chi connectivity index (χ1) is 24.8. The number of benzene rings is 9. The lowest BCUT2D eigenvalue weighted by molar-refractivity contribution is 0.991. The normalized spacial score (nSPS) is 12.6. The summed E-state index contributed by atoms with van der Waals surface area (Å²) in [7, 11) is 0. The molecule has 0 nitrogen and oxygen atoms in total. The van der Waals surface area contributed by atoms with Crippen molar-refractivity contribution in [3.05, 3.63) is 187 Å². The van der Waals surface area contributed by atoms with E-state index < -0.39 is 0 Å². The molecule has 0 saturated heterocycles. The topological polar surface area (TPSA) is 0 Å². The fourth-order valence-corrected chi connectivity index (χ4v) is 8.41. The van der Waals surface area contributed by atoms with Crippen LogP contribution < -0.4 is 0 Å². The van der Waals surface area contributed by atoms with E-state index in [0.29, 0.717) is 0 Å². The lowest BCUT2D eigenvalue weighted by Gasteiger charge is -2.24. The average molecular weight is 635 g/mol. The minimum atomic E-state index is 1.02. The lowest BCUT2D eigenvalue weighted by atomic mass is 9.79. The summed E-state index contributed by atoms with van der Waals surface area (Å²) in [6.07, 6.45) is 6.83. The molecule has 0 heteroatoms. The minimum Gasteiger partial charge on any atom is -0.0836 e. The third kappa shape index (κ3) is 4.68. The first-order valence-corrected chi connectivity index (χ1v) is 17.7. The molecule has 9 aromatic carbocycles. The second kappa shape index (κ2) is 11.7. The minimum absolute atomic E-state index is 1.02. The second-order valence-corrected chi connectivity index (χ2v) is 13.5. The van der Waals surface area contributed by atoms with Gasteiger partial charge in [0.1, 0.15) is 0 Å². The van der Waals surface area contributed by atoms with Crippen molar-refractivity contribution in [2.24, 2.45) is 0 Å². The number of rotatable bonds is 4. The number of fused-ring (bicyclic) bond motifs is 5. The summed E-state index contributed by atoms with van der Waals surface area (Å²) < 4.78 is 0. The van der Waals surface area contributed by atoms with E-state index in [2.05, 4.69) is 182 Å². The summed E-state index contributed by atoms with van der Waals surface area (Å²) in [5.41, 5.74) is 13.0. The highest BCUT2D eigenvalue weighted by Crippen LogP contribution is 2.47. The van der Waals surface area contributed by atoms with Gasteiger partial charge in [-0.1, -0.05) is 158 Å². The Hall–Kier alpha value is -6.24. The highest BCUT2D eigenvalue weighted by Gasteiger charge is 2.23. The molecule has 0 radical (unpaired) electrons. The van der Waals surface area contributed by atoms with Crippen LogP contribution in [0.25, 0.3) is 93.7 Å². The van der Waals surface area contributed by atoms with Crippen molar-refractivity contribution in [1.29, 1.82) is 0 Å². The highest BCUT2D eigenvalue weighted by atomic mass is 14.3. The van der Waals surface area contributed by atoms with Gasteiger partial charge in [-0.25, -0.2) is 0 Å². The zero-order valence-corrected chi connectivity index (χ0v) is 27.7. The Bertz CT molecular complexity index is 2710. The molecule has 234 valence electrons. The summed E-state index contributed by atoms with van der Waals surface area (Å²) in [6, 6.07) is 63.0. The molecule has 10 rings (SSSR count). The van der Waals surface area contributed by atoms with E-state index >= 15 is 0 Å². The van der Waals surface area contributed by atoms with E-state index in [0.717, 1.165) is 12.8 Å². The molecule has 50 heavy (non-hydrogen) atoms. The van der Waals surface area contributed by atoms with Crippen molar-refractivity contribution >= 4 is 49.2 Å². The molecule has 0 fully saturated rings. The lowest BCUT2D eigenvalue weighted by Crippen LogP contribution is -2.03. The van der Waals surface area contributed by atoms with Crippen LogP contribution in [0.5, 0.6) is 0 Å². The van der Waals surface area contributed by atoms with E-state index in [4.69, 9.17) is 0 Å². The monoisotopic (exact) mass is 634 g/mol. The Balaban J connectivity index is 1.30. The van der Waals surface area contributed by atoms with E-state index in [1.54, 1.807) is 0 Å². The molecule has 0 spiro atoms. The van der Waals surface area contributed by atoms with Gasteiger partial charge in [0.15, 0.2) is 0 Å². The van der Waals surface area contributed by atoms with Crippen LogP contribution in [0.3, 0.4) is 0 Å². The molecule has 1 aliphatic carbocycles. The van der Waals surface area contributed by atoms with E-state index in [9.17, 15) is 0 Å². The number of hydrogen-bond donors (Lipinski definition) is 0. The quantitative estimate of drug-likeness (QED) is 0.181. The van der Waals surface area contributed by atoms with Gasteiger partial charge < -0.3 is 0 Å². The van der Waals surface area contributed by atoms with Gasteiger partial charge >= 0.3 is 0 Å². The van der Waals surface area contributed by atoms with Crippen molar-refractivity contribution in [1.82, 2.24) is 0 Å². The van der Waals surface area contributed by atoms with Gasteiger partial charge in [-0.15, -0.1) is 0 Å². The van der Waals surface area contributed by atoms with Gasteiger partial charge in [-0.3, -0.25) is 0 Å². The van der Waals surface area contributed by atoms with E-state index in [1.165, 1.54) is 98.7 Å². The summed E-state index contributed by atoms with van der Waals surface area (Å²) >= 11 is 0. The Morgan fingerprint density at radius 1 is 0.340 bits per heavy atom. The van der Waals surface area contributed by atoms with Crippen LogP contribution >= 0.6 is 0 Å². The summed E-state index contributed by atoms with van der Waals surface area (Å²) in [4.78, 5) is 0. The number of hydrogen-bond acceptors (Lipinski definition) is 0. The molecule has 0 atom stereocenters. The molecule has 0 amide bonds. The van der Waals surface area contributed by atoms with Crippen LogP contribution in [0.1, 0.15) is 17.5 Å². The molecule has 0 N–H and O–H groups in total. The maximum atomic E-state index is 2.44. The SMILES string of the molecule is C1=Cc2c(c(-c3ccc4ccccc4c3)c3ccccc3c2-c2cc(-c3cccc4ccccc34)cc(-c3cccc4ccccc34)c2)CC1. The average Bonchev–Trinajstić information content (AvgIpc) is 3.19. The van der Waals surface area contributed by atoms with Crippen molar-refractivity contribution in [2.75, 3.05) is 0 Å². The van der Waals surface area contributed by atoms with Crippen LogP contribution in [0.15, 0.2) is 176 Å². The smallest absolute Gasteiger partial charge is 0.00293 e. The van der Waals surface area contributed by atoms with Crippen LogP contribution in [0.2, 0.25) is 0 Å². The molecule has 0 unspecified atom stereocenters. The molecule has 1 aliphatic rings. The van der Waals surface area contributed by atoms with Gasteiger partial charge in [-0.05, 0) is 136 Å². The molecular weight excluding hydrogens is 601 g/mol. The summed E-state index contributed by atoms with van der Waals surface area (Å²) in [6.45, 7) is 0. The molecule has 0 saturated carbocycles. The predicted octanol–water partition coefficient (Wildman–Crippen LogP) is 13.9. The molecule has 0 aromatic heterocycles. The van der Waals surface area contributed by atoms with Gasteiger partial charge in [0, 0.05) is 0 Å². The zero-order chi connectivity index (χ0) is 33.0. The molecule has 0 bridgehead atoms. The molecule has 0 aliphatic heterocycles. The van der Waals surface area contributed by atoms with Gasteiger partial charge in [0.05, 0.1) is 0 Å². The van der Waals surface area contributed by atoms with Gasteiger partial charge in [0.25, 0.3) is 0 Å². The highest BCUT2D eigenvalue weighted by molar-refractivity contribution is 6.12. The predicted molar refractivity (Wildman–Crippen MR) is 216 cm³/mol. The fraction of sp³-hybridized carbons (Fsp3) is 0.0400. The fourth-order valence-electron chi connectivity index (χ4n) is 8.41. The summed E-state index contributed by atoms with van der Waals surface area (Å²) in [5, 5.41) is 10.2. The molecule has 0 heterocycles.